The van der Waals surface area contributed by atoms with Crippen LogP contribution in [0.15, 0.2) is 61.1 Å². The topological polar surface area (TPSA) is 72.7 Å². The normalized spacial score (nSPS) is 10.8. The maximum absolute atomic E-state index is 12.0. The van der Waals surface area contributed by atoms with E-state index in [1.807, 2.05) is 54.1 Å². The molecule has 2 heterocycles. The molecular weight excluding hydrogens is 290 g/mol. The molecule has 0 radical (unpaired) electrons. The summed E-state index contributed by atoms with van der Waals surface area (Å²) >= 11 is 0. The number of carbonyl (C=O) groups excluding carboxylic acids is 1. The van der Waals surface area contributed by atoms with Crippen LogP contribution < -0.4 is 5.32 Å². The summed E-state index contributed by atoms with van der Waals surface area (Å²) in [6.45, 7) is 0. The number of nitrogens with one attached hydrogen (secondary N) is 1. The highest BCUT2D eigenvalue weighted by Gasteiger charge is 2.06. The van der Waals surface area contributed by atoms with Crippen LogP contribution in [-0.4, -0.2) is 25.7 Å². The molecule has 1 amide bonds. The van der Waals surface area contributed by atoms with Crippen LogP contribution in [0.25, 0.3) is 17.5 Å². The number of hydrogen-bond donors (Lipinski definition) is 1. The number of aryl methyl sites for hydroxylation is 1. The molecule has 1 N–H and O–H groups in total. The Hall–Kier alpha value is -3.28. The maximum atomic E-state index is 12.0. The molecule has 0 spiro atoms. The van der Waals surface area contributed by atoms with Gasteiger partial charge >= 0.3 is 0 Å². The molecule has 1 aromatic carbocycles. The molecule has 0 saturated heterocycles. The lowest BCUT2D eigenvalue weighted by Gasteiger charge is -2.05. The molecule has 0 saturated carbocycles. The van der Waals surface area contributed by atoms with Crippen molar-refractivity contribution in [3.05, 3.63) is 66.8 Å². The summed E-state index contributed by atoms with van der Waals surface area (Å²) in [6, 6.07) is 13.0. The lowest BCUT2D eigenvalue weighted by molar-refractivity contribution is -0.111. The first-order chi connectivity index (χ1) is 11.2. The van der Waals surface area contributed by atoms with Crippen molar-refractivity contribution in [3.8, 4) is 11.4 Å². The van der Waals surface area contributed by atoms with Gasteiger partial charge in [0.25, 0.3) is 0 Å². The van der Waals surface area contributed by atoms with Crippen molar-refractivity contribution < 1.29 is 4.79 Å². The minimum absolute atomic E-state index is 0.217. The Kier molecular flexibility index (Phi) is 4.24. The Morgan fingerprint density at radius 2 is 2.13 bits per heavy atom. The van der Waals surface area contributed by atoms with Crippen molar-refractivity contribution in [2.75, 3.05) is 5.32 Å². The summed E-state index contributed by atoms with van der Waals surface area (Å²) in [5, 5.41) is 10.7. The molecule has 0 bridgehead atoms. The number of carbonyl (C=O) groups is 1. The van der Waals surface area contributed by atoms with Gasteiger partial charge in [-0.25, -0.2) is 0 Å². The van der Waals surface area contributed by atoms with Crippen molar-refractivity contribution in [2.45, 2.75) is 0 Å². The van der Waals surface area contributed by atoms with Gasteiger partial charge in [-0.1, -0.05) is 18.2 Å². The predicted molar refractivity (Wildman–Crippen MR) is 88.3 cm³/mol. The van der Waals surface area contributed by atoms with Crippen LogP contribution in [0.5, 0.6) is 0 Å². The second-order valence-electron chi connectivity index (χ2n) is 4.92. The van der Waals surface area contributed by atoms with Gasteiger partial charge in [0.05, 0.1) is 5.69 Å². The first-order valence-corrected chi connectivity index (χ1v) is 7.07. The van der Waals surface area contributed by atoms with Crippen molar-refractivity contribution in [1.29, 1.82) is 0 Å². The highest BCUT2D eigenvalue weighted by molar-refractivity contribution is 6.02. The molecule has 114 valence electrons. The van der Waals surface area contributed by atoms with Crippen molar-refractivity contribution >= 4 is 17.7 Å². The van der Waals surface area contributed by atoms with E-state index in [-0.39, 0.29) is 5.91 Å². The van der Waals surface area contributed by atoms with Crippen LogP contribution in [0.3, 0.4) is 0 Å². The molecular formula is C17H15N5O. The van der Waals surface area contributed by atoms with E-state index >= 15 is 0 Å². The number of rotatable bonds is 4. The van der Waals surface area contributed by atoms with Crippen LogP contribution in [0.4, 0.5) is 5.69 Å². The zero-order valence-corrected chi connectivity index (χ0v) is 12.5. The van der Waals surface area contributed by atoms with Gasteiger partial charge in [-0.15, -0.1) is 10.2 Å². The third-order valence-electron chi connectivity index (χ3n) is 3.19. The molecule has 23 heavy (non-hydrogen) atoms. The van der Waals surface area contributed by atoms with Crippen molar-refractivity contribution in [1.82, 2.24) is 19.7 Å². The largest absolute Gasteiger partial charge is 0.322 e. The smallest absolute Gasteiger partial charge is 0.248 e. The van der Waals surface area contributed by atoms with Gasteiger partial charge in [-0.05, 0) is 30.3 Å². The molecule has 0 fully saturated rings. The molecule has 0 aliphatic heterocycles. The first kappa shape index (κ1) is 14.6. The van der Waals surface area contributed by atoms with Gasteiger partial charge in [-0.2, -0.15) is 0 Å². The summed E-state index contributed by atoms with van der Waals surface area (Å²) in [5.74, 6) is 0.524. The minimum Gasteiger partial charge on any atom is -0.322 e. The molecule has 0 aliphatic rings. The third kappa shape index (κ3) is 3.68. The highest BCUT2D eigenvalue weighted by atomic mass is 16.1. The number of nitrogens with zero attached hydrogens (tertiary/aromatic N) is 4. The standard InChI is InChI=1S/C17H15N5O/c1-22-12-19-21-17(22)13-5-4-7-15(11-13)20-16(23)9-8-14-6-2-3-10-18-14/h2-12H,1H3,(H,20,23)/b9-8+. The van der Waals surface area contributed by atoms with E-state index < -0.39 is 0 Å². The summed E-state index contributed by atoms with van der Waals surface area (Å²) in [7, 11) is 1.87. The zero-order chi connectivity index (χ0) is 16.1. The third-order valence-corrected chi connectivity index (χ3v) is 3.19. The van der Waals surface area contributed by atoms with Crippen LogP contribution >= 0.6 is 0 Å². The average Bonchev–Trinajstić information content (AvgIpc) is 3.00. The van der Waals surface area contributed by atoms with E-state index in [0.717, 1.165) is 17.1 Å². The molecule has 0 aliphatic carbocycles. The molecule has 3 aromatic rings. The van der Waals surface area contributed by atoms with Crippen LogP contribution in [0.2, 0.25) is 0 Å². The van der Waals surface area contributed by atoms with Gasteiger partial charge in [0, 0.05) is 30.6 Å². The fourth-order valence-corrected chi connectivity index (χ4v) is 2.10. The quantitative estimate of drug-likeness (QED) is 0.752. The summed E-state index contributed by atoms with van der Waals surface area (Å²) < 4.78 is 1.82. The minimum atomic E-state index is -0.217. The number of anilines is 1. The molecule has 3 rings (SSSR count). The van der Waals surface area contributed by atoms with E-state index in [0.29, 0.717) is 5.69 Å². The Labute approximate surface area is 133 Å². The maximum Gasteiger partial charge on any atom is 0.248 e. The Balaban J connectivity index is 1.72. The summed E-state index contributed by atoms with van der Waals surface area (Å²) in [6.07, 6.45) is 6.44. The summed E-state index contributed by atoms with van der Waals surface area (Å²) in [5.41, 5.74) is 2.31. The van der Waals surface area contributed by atoms with Gasteiger partial charge < -0.3 is 9.88 Å². The monoisotopic (exact) mass is 305 g/mol. The molecule has 0 unspecified atom stereocenters. The SMILES string of the molecule is Cn1cnnc1-c1cccc(NC(=O)/C=C/c2ccccn2)c1. The average molecular weight is 305 g/mol. The van der Waals surface area contributed by atoms with Crippen LogP contribution in [0.1, 0.15) is 5.69 Å². The second-order valence-corrected chi connectivity index (χ2v) is 4.92. The van der Waals surface area contributed by atoms with Gasteiger partial charge in [0.15, 0.2) is 5.82 Å². The fourth-order valence-electron chi connectivity index (χ4n) is 2.10. The van der Waals surface area contributed by atoms with E-state index in [9.17, 15) is 4.79 Å². The second kappa shape index (κ2) is 6.65. The molecule has 6 heteroatoms. The van der Waals surface area contributed by atoms with Gasteiger partial charge in [-0.3, -0.25) is 9.78 Å². The first-order valence-electron chi connectivity index (χ1n) is 7.07. The Bertz CT molecular complexity index is 839. The number of benzene rings is 1. The number of aromatic nitrogens is 4. The van der Waals surface area contributed by atoms with E-state index in [4.69, 9.17) is 0 Å². The fraction of sp³-hybridized carbons (Fsp3) is 0.0588. The lowest BCUT2D eigenvalue weighted by Crippen LogP contribution is -2.07. The van der Waals surface area contributed by atoms with Gasteiger partial charge in [0.2, 0.25) is 5.91 Å². The van der Waals surface area contributed by atoms with Gasteiger partial charge in [0.1, 0.15) is 6.33 Å². The predicted octanol–water partition coefficient (Wildman–Crippen LogP) is 2.53. The Morgan fingerprint density at radius 3 is 2.87 bits per heavy atom. The van der Waals surface area contributed by atoms with Crippen molar-refractivity contribution in [2.24, 2.45) is 7.05 Å². The zero-order valence-electron chi connectivity index (χ0n) is 12.5. The Morgan fingerprint density at radius 1 is 1.22 bits per heavy atom. The highest BCUT2D eigenvalue weighted by Crippen LogP contribution is 2.20. The van der Waals surface area contributed by atoms with E-state index in [1.165, 1.54) is 6.08 Å². The van der Waals surface area contributed by atoms with E-state index in [2.05, 4.69) is 20.5 Å². The van der Waals surface area contributed by atoms with Crippen LogP contribution in [0, 0.1) is 0 Å². The lowest BCUT2D eigenvalue weighted by atomic mass is 10.2. The molecule has 2 aromatic heterocycles. The summed E-state index contributed by atoms with van der Waals surface area (Å²) in [4.78, 5) is 16.1. The van der Waals surface area contributed by atoms with E-state index in [1.54, 1.807) is 18.6 Å². The number of amides is 1. The number of hydrogen-bond acceptors (Lipinski definition) is 4. The van der Waals surface area contributed by atoms with Crippen molar-refractivity contribution in [3.63, 3.8) is 0 Å². The molecule has 6 nitrogen and oxygen atoms in total. The molecule has 0 atom stereocenters. The van der Waals surface area contributed by atoms with Crippen LogP contribution in [-0.2, 0) is 11.8 Å². The number of pyridine rings is 1.